The molecule has 22 heavy (non-hydrogen) atoms. The number of carbonyl (C=O) groups is 1. The van der Waals surface area contributed by atoms with Crippen molar-refractivity contribution < 1.29 is 9.53 Å². The Bertz CT molecular complexity index is 597. The SMILES string of the molecule is Cc1ccc(OCC(=O)N2CCC(n3cccc3)CC2)cc1. The Morgan fingerprint density at radius 2 is 1.77 bits per heavy atom. The summed E-state index contributed by atoms with van der Waals surface area (Å²) in [7, 11) is 0. The number of ether oxygens (including phenoxy) is 1. The zero-order valence-electron chi connectivity index (χ0n) is 12.9. The van der Waals surface area contributed by atoms with Gasteiger partial charge in [0.05, 0.1) is 0 Å². The van der Waals surface area contributed by atoms with Crippen LogP contribution in [0.4, 0.5) is 0 Å². The number of piperidine rings is 1. The summed E-state index contributed by atoms with van der Waals surface area (Å²) in [5, 5.41) is 0. The Morgan fingerprint density at radius 1 is 1.14 bits per heavy atom. The predicted molar refractivity (Wildman–Crippen MR) is 86.0 cm³/mol. The molecule has 1 amide bonds. The number of nitrogens with zero attached hydrogens (tertiary/aromatic N) is 2. The highest BCUT2D eigenvalue weighted by molar-refractivity contribution is 5.77. The van der Waals surface area contributed by atoms with Gasteiger partial charge in [-0.05, 0) is 44.0 Å². The van der Waals surface area contributed by atoms with Crippen molar-refractivity contribution in [3.63, 3.8) is 0 Å². The maximum absolute atomic E-state index is 12.2. The second-order valence-electron chi connectivity index (χ2n) is 5.84. The number of likely N-dealkylation sites (tertiary alicyclic amines) is 1. The molecule has 1 saturated heterocycles. The van der Waals surface area contributed by atoms with Crippen molar-refractivity contribution in [1.29, 1.82) is 0 Å². The van der Waals surface area contributed by atoms with E-state index in [2.05, 4.69) is 17.0 Å². The van der Waals surface area contributed by atoms with E-state index in [4.69, 9.17) is 4.74 Å². The molecule has 3 rings (SSSR count). The third-order valence-electron chi connectivity index (χ3n) is 4.25. The fourth-order valence-electron chi connectivity index (χ4n) is 2.88. The van der Waals surface area contributed by atoms with Gasteiger partial charge < -0.3 is 14.2 Å². The van der Waals surface area contributed by atoms with Gasteiger partial charge in [-0.25, -0.2) is 0 Å². The Kier molecular flexibility index (Phi) is 4.47. The average Bonchev–Trinajstić information content (AvgIpc) is 3.09. The number of aromatic nitrogens is 1. The summed E-state index contributed by atoms with van der Waals surface area (Å²) < 4.78 is 7.82. The first-order valence-corrected chi connectivity index (χ1v) is 7.82. The molecular formula is C18H22N2O2. The molecule has 1 fully saturated rings. The van der Waals surface area contributed by atoms with Gasteiger partial charge in [-0.15, -0.1) is 0 Å². The van der Waals surface area contributed by atoms with E-state index < -0.39 is 0 Å². The quantitative estimate of drug-likeness (QED) is 0.869. The lowest BCUT2D eigenvalue weighted by atomic mass is 10.1. The van der Waals surface area contributed by atoms with Crippen molar-refractivity contribution >= 4 is 5.91 Å². The third-order valence-corrected chi connectivity index (χ3v) is 4.25. The van der Waals surface area contributed by atoms with Gasteiger partial charge in [0.25, 0.3) is 5.91 Å². The molecule has 0 radical (unpaired) electrons. The second-order valence-corrected chi connectivity index (χ2v) is 5.84. The van der Waals surface area contributed by atoms with Crippen LogP contribution in [0.25, 0.3) is 0 Å². The van der Waals surface area contributed by atoms with Gasteiger partial charge in [0.1, 0.15) is 5.75 Å². The van der Waals surface area contributed by atoms with Crippen molar-refractivity contribution in [2.24, 2.45) is 0 Å². The summed E-state index contributed by atoms with van der Waals surface area (Å²) in [5.41, 5.74) is 1.19. The molecule has 2 aromatic rings. The van der Waals surface area contributed by atoms with E-state index in [0.717, 1.165) is 31.7 Å². The van der Waals surface area contributed by atoms with Gasteiger partial charge >= 0.3 is 0 Å². The van der Waals surface area contributed by atoms with Crippen LogP contribution >= 0.6 is 0 Å². The fourth-order valence-corrected chi connectivity index (χ4v) is 2.88. The summed E-state index contributed by atoms with van der Waals surface area (Å²) in [5.74, 6) is 0.827. The number of hydrogen-bond acceptors (Lipinski definition) is 2. The molecule has 1 aromatic carbocycles. The maximum Gasteiger partial charge on any atom is 0.260 e. The van der Waals surface area contributed by atoms with Gasteiger partial charge in [0.15, 0.2) is 6.61 Å². The standard InChI is InChI=1S/C18H22N2O2/c1-15-4-6-17(7-5-15)22-14-18(21)20-12-8-16(9-13-20)19-10-2-3-11-19/h2-7,10-11,16H,8-9,12-14H2,1H3. The van der Waals surface area contributed by atoms with Crippen LogP contribution < -0.4 is 4.74 Å². The lowest BCUT2D eigenvalue weighted by Gasteiger charge is -2.32. The first-order valence-electron chi connectivity index (χ1n) is 7.82. The Labute approximate surface area is 131 Å². The number of benzene rings is 1. The lowest BCUT2D eigenvalue weighted by Crippen LogP contribution is -2.41. The Morgan fingerprint density at radius 3 is 2.41 bits per heavy atom. The molecule has 1 aliphatic rings. The van der Waals surface area contributed by atoms with E-state index in [1.165, 1.54) is 5.56 Å². The molecule has 0 atom stereocenters. The minimum absolute atomic E-state index is 0.0755. The number of rotatable bonds is 4. The predicted octanol–water partition coefficient (Wildman–Crippen LogP) is 3.04. The van der Waals surface area contributed by atoms with Crippen molar-refractivity contribution in [2.45, 2.75) is 25.8 Å². The van der Waals surface area contributed by atoms with Crippen molar-refractivity contribution in [1.82, 2.24) is 9.47 Å². The topological polar surface area (TPSA) is 34.5 Å². The summed E-state index contributed by atoms with van der Waals surface area (Å²) in [6, 6.07) is 12.4. The van der Waals surface area contributed by atoms with Crippen LogP contribution in [-0.4, -0.2) is 35.1 Å². The highest BCUT2D eigenvalue weighted by Gasteiger charge is 2.23. The molecule has 0 unspecified atom stereocenters. The van der Waals surface area contributed by atoms with Crippen molar-refractivity contribution in [2.75, 3.05) is 19.7 Å². The maximum atomic E-state index is 12.2. The molecule has 0 saturated carbocycles. The van der Waals surface area contributed by atoms with Crippen LogP contribution in [0.3, 0.4) is 0 Å². The second kappa shape index (κ2) is 6.69. The van der Waals surface area contributed by atoms with Crippen LogP contribution in [0.1, 0.15) is 24.4 Å². The van der Waals surface area contributed by atoms with E-state index in [1.807, 2.05) is 48.2 Å². The number of hydrogen-bond donors (Lipinski definition) is 0. The van der Waals surface area contributed by atoms with Crippen LogP contribution in [0, 0.1) is 6.92 Å². The smallest absolute Gasteiger partial charge is 0.260 e. The van der Waals surface area contributed by atoms with Crippen molar-refractivity contribution in [3.05, 3.63) is 54.4 Å². The summed E-state index contributed by atoms with van der Waals surface area (Å²) in [4.78, 5) is 14.1. The Balaban J connectivity index is 1.46. The van der Waals surface area contributed by atoms with E-state index in [9.17, 15) is 4.79 Å². The molecule has 1 aromatic heterocycles. The minimum Gasteiger partial charge on any atom is -0.484 e. The molecule has 4 heteroatoms. The fraction of sp³-hybridized carbons (Fsp3) is 0.389. The molecule has 116 valence electrons. The van der Waals surface area contributed by atoms with Crippen LogP contribution in [0.5, 0.6) is 5.75 Å². The summed E-state index contributed by atoms with van der Waals surface area (Å²) in [6.45, 7) is 3.76. The average molecular weight is 298 g/mol. The molecule has 0 aliphatic carbocycles. The normalized spacial score (nSPS) is 15.8. The largest absolute Gasteiger partial charge is 0.484 e. The molecule has 1 aliphatic heterocycles. The van der Waals surface area contributed by atoms with E-state index in [0.29, 0.717) is 6.04 Å². The Hall–Kier alpha value is -2.23. The summed E-state index contributed by atoms with van der Waals surface area (Å²) >= 11 is 0. The number of aryl methyl sites for hydroxylation is 1. The molecule has 0 N–H and O–H groups in total. The van der Waals surface area contributed by atoms with Gasteiger partial charge in [0.2, 0.25) is 0 Å². The van der Waals surface area contributed by atoms with E-state index in [1.54, 1.807) is 0 Å². The van der Waals surface area contributed by atoms with Crippen LogP contribution in [0.15, 0.2) is 48.8 Å². The van der Waals surface area contributed by atoms with Gasteiger partial charge in [0, 0.05) is 31.5 Å². The molecule has 2 heterocycles. The first-order chi connectivity index (χ1) is 10.7. The molecular weight excluding hydrogens is 276 g/mol. The highest BCUT2D eigenvalue weighted by Crippen LogP contribution is 2.22. The van der Waals surface area contributed by atoms with E-state index >= 15 is 0 Å². The first kappa shape index (κ1) is 14.7. The third kappa shape index (κ3) is 3.50. The van der Waals surface area contributed by atoms with Gasteiger partial charge in [-0.3, -0.25) is 4.79 Å². The van der Waals surface area contributed by atoms with Crippen LogP contribution in [0.2, 0.25) is 0 Å². The van der Waals surface area contributed by atoms with E-state index in [-0.39, 0.29) is 12.5 Å². The lowest BCUT2D eigenvalue weighted by molar-refractivity contribution is -0.134. The monoisotopic (exact) mass is 298 g/mol. The minimum atomic E-state index is 0.0755. The zero-order valence-corrected chi connectivity index (χ0v) is 12.9. The number of amides is 1. The van der Waals surface area contributed by atoms with Gasteiger partial charge in [-0.2, -0.15) is 0 Å². The molecule has 4 nitrogen and oxygen atoms in total. The number of carbonyl (C=O) groups excluding carboxylic acids is 1. The molecule has 0 spiro atoms. The zero-order chi connectivity index (χ0) is 15.4. The van der Waals surface area contributed by atoms with Gasteiger partial charge in [-0.1, -0.05) is 17.7 Å². The molecule has 0 bridgehead atoms. The highest BCUT2D eigenvalue weighted by atomic mass is 16.5. The van der Waals surface area contributed by atoms with Crippen molar-refractivity contribution in [3.8, 4) is 5.75 Å². The van der Waals surface area contributed by atoms with Crippen LogP contribution in [-0.2, 0) is 4.79 Å². The summed E-state index contributed by atoms with van der Waals surface area (Å²) in [6.07, 6.45) is 6.21.